The number of thiophene rings is 1. The third kappa shape index (κ3) is 3.63. The highest BCUT2D eigenvalue weighted by Crippen LogP contribution is 2.30. The molecule has 8 heteroatoms. The fourth-order valence-electron chi connectivity index (χ4n) is 3.14. The van der Waals surface area contributed by atoms with Crippen LogP contribution in [0.2, 0.25) is 0 Å². The lowest BCUT2D eigenvalue weighted by molar-refractivity contribution is -0.122. The molecule has 0 spiro atoms. The lowest BCUT2D eigenvalue weighted by Crippen LogP contribution is -2.28. The van der Waals surface area contributed by atoms with Gasteiger partial charge in [0.25, 0.3) is 0 Å². The van der Waals surface area contributed by atoms with Gasteiger partial charge in [-0.25, -0.2) is 0 Å². The van der Waals surface area contributed by atoms with Crippen LogP contribution in [0, 0.1) is 12.8 Å². The summed E-state index contributed by atoms with van der Waals surface area (Å²) in [6.07, 6.45) is 0.156. The number of hydrogen-bond acceptors (Lipinski definition) is 6. The summed E-state index contributed by atoms with van der Waals surface area (Å²) in [4.78, 5) is 28.7. The van der Waals surface area contributed by atoms with Crippen molar-refractivity contribution in [2.75, 3.05) is 23.9 Å². The summed E-state index contributed by atoms with van der Waals surface area (Å²) < 4.78 is 10.4. The van der Waals surface area contributed by atoms with E-state index >= 15 is 0 Å². The molecule has 0 radical (unpaired) electrons. The van der Waals surface area contributed by atoms with E-state index in [0.717, 1.165) is 10.6 Å². The molecule has 28 heavy (non-hydrogen) atoms. The Morgan fingerprint density at radius 1 is 1.29 bits per heavy atom. The highest BCUT2D eigenvalue weighted by atomic mass is 32.1. The predicted molar refractivity (Wildman–Crippen MR) is 107 cm³/mol. The van der Waals surface area contributed by atoms with Gasteiger partial charge in [-0.2, -0.15) is 0 Å². The number of rotatable bonds is 5. The first-order chi connectivity index (χ1) is 13.5. The van der Waals surface area contributed by atoms with Crippen LogP contribution in [0.25, 0.3) is 10.6 Å². The molecule has 3 aromatic rings. The molecule has 1 aliphatic heterocycles. The Bertz CT molecular complexity index is 1010. The van der Waals surface area contributed by atoms with Gasteiger partial charge >= 0.3 is 0 Å². The van der Waals surface area contributed by atoms with E-state index in [0.29, 0.717) is 18.0 Å². The largest absolute Gasteiger partial charge is 0.497 e. The Morgan fingerprint density at radius 2 is 2.07 bits per heavy atom. The number of carbonyl (C=O) groups is 2. The van der Waals surface area contributed by atoms with E-state index in [1.165, 1.54) is 4.88 Å². The second kappa shape index (κ2) is 7.47. The van der Waals surface area contributed by atoms with Gasteiger partial charge in [-0.05, 0) is 43.3 Å². The molecule has 144 valence electrons. The summed E-state index contributed by atoms with van der Waals surface area (Å²) in [5.41, 5.74) is 1.42. The fourth-order valence-corrected chi connectivity index (χ4v) is 3.96. The van der Waals surface area contributed by atoms with Crippen molar-refractivity contribution in [2.45, 2.75) is 13.3 Å². The van der Waals surface area contributed by atoms with Gasteiger partial charge in [-0.15, -0.1) is 11.3 Å². The standard InChI is InChI=1S/C20H19N3O4S/c1-12-3-8-17(28-12)16-10-18(27-22-16)21-20(25)13-9-19(24)23(11-13)14-4-6-15(26-2)7-5-14/h3-8,10,13H,9,11H2,1-2H3,(H,21,25)/t13-/m0/s1. The van der Waals surface area contributed by atoms with Crippen molar-refractivity contribution in [3.63, 3.8) is 0 Å². The molecule has 1 fully saturated rings. The number of aromatic nitrogens is 1. The molecule has 0 bridgehead atoms. The molecule has 2 aromatic heterocycles. The number of aryl methyl sites for hydroxylation is 1. The smallest absolute Gasteiger partial charge is 0.232 e. The molecule has 4 rings (SSSR count). The molecule has 7 nitrogen and oxygen atoms in total. The normalized spacial score (nSPS) is 16.4. The molecule has 0 saturated carbocycles. The second-order valence-electron chi connectivity index (χ2n) is 6.58. The highest BCUT2D eigenvalue weighted by molar-refractivity contribution is 7.15. The summed E-state index contributed by atoms with van der Waals surface area (Å²) in [6, 6.07) is 12.9. The van der Waals surface area contributed by atoms with Crippen LogP contribution < -0.4 is 15.0 Å². The molecule has 0 unspecified atom stereocenters. The minimum absolute atomic E-state index is 0.0855. The van der Waals surface area contributed by atoms with Crippen LogP contribution in [0.5, 0.6) is 5.75 Å². The number of methoxy groups -OCH3 is 1. The maximum atomic E-state index is 12.6. The van der Waals surface area contributed by atoms with Gasteiger partial charge in [-0.3, -0.25) is 14.9 Å². The molecule has 1 atom stereocenters. The van der Waals surface area contributed by atoms with Crippen LogP contribution in [-0.2, 0) is 9.59 Å². The van der Waals surface area contributed by atoms with Crippen LogP contribution in [0.15, 0.2) is 47.0 Å². The van der Waals surface area contributed by atoms with Gasteiger partial charge in [0.1, 0.15) is 11.4 Å². The van der Waals surface area contributed by atoms with Gasteiger partial charge in [0.2, 0.25) is 17.7 Å². The van der Waals surface area contributed by atoms with Gasteiger partial charge in [0, 0.05) is 29.6 Å². The maximum absolute atomic E-state index is 12.6. The van der Waals surface area contributed by atoms with E-state index in [9.17, 15) is 9.59 Å². The van der Waals surface area contributed by atoms with Crippen LogP contribution in [0.1, 0.15) is 11.3 Å². The molecule has 1 aliphatic rings. The highest BCUT2D eigenvalue weighted by Gasteiger charge is 2.35. The number of benzene rings is 1. The maximum Gasteiger partial charge on any atom is 0.232 e. The summed E-state index contributed by atoms with van der Waals surface area (Å²) in [5, 5.41) is 6.73. The number of hydrogen-bond donors (Lipinski definition) is 1. The van der Waals surface area contributed by atoms with Crippen molar-refractivity contribution in [3.8, 4) is 16.3 Å². The number of carbonyl (C=O) groups excluding carboxylic acids is 2. The minimum Gasteiger partial charge on any atom is -0.497 e. The van der Waals surface area contributed by atoms with Gasteiger partial charge in [-0.1, -0.05) is 5.16 Å². The Labute approximate surface area is 165 Å². The number of amides is 2. The van der Waals surface area contributed by atoms with Crippen LogP contribution in [-0.4, -0.2) is 30.6 Å². The Hall–Kier alpha value is -3.13. The molecule has 0 aliphatic carbocycles. The Kier molecular flexibility index (Phi) is 4.87. The van der Waals surface area contributed by atoms with Gasteiger partial charge in [0.15, 0.2) is 0 Å². The third-order valence-corrected chi connectivity index (χ3v) is 5.65. The van der Waals surface area contributed by atoms with Crippen molar-refractivity contribution in [2.24, 2.45) is 5.92 Å². The molecule has 1 aromatic carbocycles. The molecule has 1 N–H and O–H groups in total. The van der Waals surface area contributed by atoms with Gasteiger partial charge in [0.05, 0.1) is 17.9 Å². The molecular weight excluding hydrogens is 378 g/mol. The van der Waals surface area contributed by atoms with Crippen molar-refractivity contribution in [1.82, 2.24) is 5.16 Å². The Balaban J connectivity index is 1.41. The van der Waals surface area contributed by atoms with E-state index in [2.05, 4.69) is 10.5 Å². The number of nitrogens with one attached hydrogen (secondary N) is 1. The van der Waals surface area contributed by atoms with Crippen molar-refractivity contribution in [1.29, 1.82) is 0 Å². The number of ether oxygens (including phenoxy) is 1. The van der Waals surface area contributed by atoms with Crippen LogP contribution in [0.3, 0.4) is 0 Å². The summed E-state index contributed by atoms with van der Waals surface area (Å²) in [5.74, 6) is 0.201. The summed E-state index contributed by atoms with van der Waals surface area (Å²) in [6.45, 7) is 2.34. The van der Waals surface area contributed by atoms with Gasteiger partial charge < -0.3 is 14.2 Å². The zero-order valence-electron chi connectivity index (χ0n) is 15.5. The summed E-state index contributed by atoms with van der Waals surface area (Å²) in [7, 11) is 1.59. The first-order valence-electron chi connectivity index (χ1n) is 8.82. The average molecular weight is 397 g/mol. The zero-order valence-corrected chi connectivity index (χ0v) is 16.3. The summed E-state index contributed by atoms with van der Waals surface area (Å²) >= 11 is 1.60. The van der Waals surface area contributed by atoms with Crippen LogP contribution in [0.4, 0.5) is 11.6 Å². The molecule has 2 amide bonds. The quantitative estimate of drug-likeness (QED) is 0.709. The van der Waals surface area contributed by atoms with Crippen molar-refractivity contribution >= 4 is 34.7 Å². The first-order valence-corrected chi connectivity index (χ1v) is 9.64. The van der Waals surface area contributed by atoms with Crippen molar-refractivity contribution in [3.05, 3.63) is 47.3 Å². The lowest BCUT2D eigenvalue weighted by atomic mass is 10.1. The molecular formula is C20H19N3O4S. The van der Waals surface area contributed by atoms with Crippen LogP contribution >= 0.6 is 11.3 Å². The first kappa shape index (κ1) is 18.2. The zero-order chi connectivity index (χ0) is 19.7. The predicted octanol–water partition coefficient (Wildman–Crippen LogP) is 3.71. The molecule has 1 saturated heterocycles. The Morgan fingerprint density at radius 3 is 2.75 bits per heavy atom. The topological polar surface area (TPSA) is 84.7 Å². The number of anilines is 2. The number of nitrogens with zero attached hydrogens (tertiary/aromatic N) is 2. The third-order valence-electron chi connectivity index (χ3n) is 4.63. The van der Waals surface area contributed by atoms with E-state index in [4.69, 9.17) is 9.26 Å². The van der Waals surface area contributed by atoms with E-state index < -0.39 is 5.92 Å². The van der Waals surface area contributed by atoms with Crippen molar-refractivity contribution < 1.29 is 18.8 Å². The van der Waals surface area contributed by atoms with E-state index in [1.807, 2.05) is 31.2 Å². The van der Waals surface area contributed by atoms with E-state index in [-0.39, 0.29) is 24.1 Å². The minimum atomic E-state index is -0.452. The average Bonchev–Trinajstić information content (AvgIpc) is 3.42. The lowest BCUT2D eigenvalue weighted by Gasteiger charge is -2.16. The molecule has 3 heterocycles. The monoisotopic (exact) mass is 397 g/mol. The van der Waals surface area contributed by atoms with E-state index in [1.54, 1.807) is 41.5 Å². The fraction of sp³-hybridized carbons (Fsp3) is 0.250. The second-order valence-corrected chi connectivity index (χ2v) is 7.87. The SMILES string of the molecule is COc1ccc(N2C[C@@H](C(=O)Nc3cc(-c4ccc(C)s4)no3)CC2=O)cc1.